The monoisotopic (exact) mass is 425 g/mol. The van der Waals surface area contributed by atoms with Crippen LogP contribution in [0.1, 0.15) is 18.1 Å². The summed E-state index contributed by atoms with van der Waals surface area (Å²) in [5.41, 5.74) is 2.76. The van der Waals surface area contributed by atoms with Crippen molar-refractivity contribution in [3.8, 4) is 5.69 Å². The molecule has 0 aliphatic carbocycles. The maximum Gasteiger partial charge on any atom is 0.315 e. The molecule has 0 saturated heterocycles. The summed E-state index contributed by atoms with van der Waals surface area (Å²) in [5.74, 6) is -0.132. The number of rotatable bonds is 8. The van der Waals surface area contributed by atoms with Crippen LogP contribution in [-0.4, -0.2) is 39.7 Å². The van der Waals surface area contributed by atoms with E-state index in [2.05, 4.69) is 15.7 Å². The zero-order valence-electron chi connectivity index (χ0n) is 16.7. The smallest absolute Gasteiger partial charge is 0.315 e. The number of hydrogen-bond acceptors (Lipinski definition) is 3. The van der Waals surface area contributed by atoms with Crippen LogP contribution in [0.2, 0.25) is 5.02 Å². The van der Waals surface area contributed by atoms with Gasteiger partial charge < -0.3 is 15.5 Å². The molecule has 3 rings (SSSR count). The van der Waals surface area contributed by atoms with Crippen LogP contribution in [0, 0.1) is 0 Å². The van der Waals surface area contributed by atoms with Gasteiger partial charge in [0, 0.05) is 36.4 Å². The van der Waals surface area contributed by atoms with Gasteiger partial charge in [0.15, 0.2) is 0 Å². The first-order valence-corrected chi connectivity index (χ1v) is 10.1. The average molecular weight is 426 g/mol. The molecule has 0 spiro atoms. The number of urea groups is 1. The van der Waals surface area contributed by atoms with Crippen molar-refractivity contribution < 1.29 is 9.59 Å². The molecule has 0 unspecified atom stereocenters. The van der Waals surface area contributed by atoms with Crippen molar-refractivity contribution in [3.05, 3.63) is 83.1 Å². The van der Waals surface area contributed by atoms with Crippen molar-refractivity contribution in [2.45, 2.75) is 20.0 Å². The zero-order valence-corrected chi connectivity index (χ0v) is 17.5. The fraction of sp³-hybridized carbons (Fsp3) is 0.227. The molecule has 0 atom stereocenters. The molecule has 1 aromatic heterocycles. The first kappa shape index (κ1) is 21.4. The minimum atomic E-state index is -0.404. The minimum absolute atomic E-state index is 0.0590. The first-order valence-electron chi connectivity index (χ1n) is 9.68. The highest BCUT2D eigenvalue weighted by Gasteiger charge is 2.13. The van der Waals surface area contributed by atoms with E-state index < -0.39 is 6.03 Å². The summed E-state index contributed by atoms with van der Waals surface area (Å²) in [4.78, 5) is 26.2. The molecule has 0 saturated carbocycles. The highest BCUT2D eigenvalue weighted by atomic mass is 35.5. The second kappa shape index (κ2) is 10.5. The highest BCUT2D eigenvalue weighted by Crippen LogP contribution is 2.13. The van der Waals surface area contributed by atoms with Gasteiger partial charge in [-0.15, -0.1) is 0 Å². The largest absolute Gasteiger partial charge is 0.337 e. The van der Waals surface area contributed by atoms with Crippen LogP contribution in [0.4, 0.5) is 4.79 Å². The van der Waals surface area contributed by atoms with Crippen LogP contribution in [0.25, 0.3) is 5.69 Å². The summed E-state index contributed by atoms with van der Waals surface area (Å²) in [6, 6.07) is 16.7. The Bertz CT molecular complexity index is 973. The van der Waals surface area contributed by atoms with E-state index in [0.29, 0.717) is 24.7 Å². The number of carbonyl (C=O) groups excluding carboxylic acids is 2. The third-order valence-electron chi connectivity index (χ3n) is 4.53. The summed E-state index contributed by atoms with van der Waals surface area (Å²) < 4.78 is 1.71. The Balaban J connectivity index is 1.44. The Hall–Kier alpha value is -3.32. The van der Waals surface area contributed by atoms with Crippen molar-refractivity contribution in [1.29, 1.82) is 0 Å². The minimum Gasteiger partial charge on any atom is -0.337 e. The summed E-state index contributed by atoms with van der Waals surface area (Å²) in [6.07, 6.45) is 3.51. The van der Waals surface area contributed by atoms with Crippen LogP contribution in [0.15, 0.2) is 67.0 Å². The number of aromatic nitrogens is 2. The molecular formula is C22H24ClN5O2. The molecule has 156 valence electrons. The standard InChI is InChI=1S/C22H24ClN5O2/c1-2-27(15-17-6-4-3-5-7-17)21(29)14-25-22(30)24-12-18-13-26-28(16-18)20-10-8-19(23)9-11-20/h3-11,13,16H,2,12,14-15H2,1H3,(H2,24,25,30). The van der Waals surface area contributed by atoms with Crippen LogP contribution >= 0.6 is 11.6 Å². The molecule has 3 amide bonds. The van der Waals surface area contributed by atoms with Crippen molar-refractivity contribution >= 4 is 23.5 Å². The Morgan fingerprint density at radius 2 is 1.77 bits per heavy atom. The molecule has 3 aromatic rings. The number of benzene rings is 2. The number of hydrogen-bond donors (Lipinski definition) is 2. The van der Waals surface area contributed by atoms with E-state index >= 15 is 0 Å². The molecule has 0 fully saturated rings. The summed E-state index contributed by atoms with van der Waals surface area (Å²) in [6.45, 7) is 3.25. The Morgan fingerprint density at radius 1 is 1.03 bits per heavy atom. The predicted molar refractivity (Wildman–Crippen MR) is 116 cm³/mol. The van der Waals surface area contributed by atoms with E-state index in [4.69, 9.17) is 11.6 Å². The van der Waals surface area contributed by atoms with Gasteiger partial charge in [0.1, 0.15) is 0 Å². The fourth-order valence-corrected chi connectivity index (χ4v) is 3.01. The molecule has 7 nitrogen and oxygen atoms in total. The van der Waals surface area contributed by atoms with Gasteiger partial charge >= 0.3 is 6.03 Å². The molecule has 1 heterocycles. The van der Waals surface area contributed by atoms with Crippen LogP contribution in [0.5, 0.6) is 0 Å². The molecule has 2 N–H and O–H groups in total. The molecule has 8 heteroatoms. The molecule has 0 aliphatic heterocycles. The second-order valence-electron chi connectivity index (χ2n) is 6.70. The lowest BCUT2D eigenvalue weighted by atomic mass is 10.2. The summed E-state index contributed by atoms with van der Waals surface area (Å²) in [7, 11) is 0. The second-order valence-corrected chi connectivity index (χ2v) is 7.14. The predicted octanol–water partition coefficient (Wildman–Crippen LogP) is 3.37. The number of nitrogens with one attached hydrogen (secondary N) is 2. The van der Waals surface area contributed by atoms with Crippen molar-refractivity contribution in [2.24, 2.45) is 0 Å². The molecule has 0 radical (unpaired) electrons. The van der Waals surface area contributed by atoms with Gasteiger partial charge in [-0.3, -0.25) is 4.79 Å². The van der Waals surface area contributed by atoms with E-state index in [1.165, 1.54) is 0 Å². The Labute approximate surface area is 180 Å². The molecule has 0 aliphatic rings. The Kier molecular flexibility index (Phi) is 7.45. The number of amides is 3. The Morgan fingerprint density at radius 3 is 2.47 bits per heavy atom. The lowest BCUT2D eigenvalue weighted by Gasteiger charge is -2.21. The van der Waals surface area contributed by atoms with Gasteiger partial charge in [-0.2, -0.15) is 5.10 Å². The lowest BCUT2D eigenvalue weighted by molar-refractivity contribution is -0.130. The van der Waals surface area contributed by atoms with E-state index in [0.717, 1.165) is 16.8 Å². The summed E-state index contributed by atoms with van der Waals surface area (Å²) in [5, 5.41) is 10.3. The maximum atomic E-state index is 12.4. The van der Waals surface area contributed by atoms with E-state index in [9.17, 15) is 9.59 Å². The number of likely N-dealkylation sites (N-methyl/N-ethyl adjacent to an activating group) is 1. The quantitative estimate of drug-likeness (QED) is 0.580. The maximum absolute atomic E-state index is 12.4. The van der Waals surface area contributed by atoms with Gasteiger partial charge in [-0.1, -0.05) is 41.9 Å². The van der Waals surface area contributed by atoms with Gasteiger partial charge in [0.2, 0.25) is 5.91 Å². The van der Waals surface area contributed by atoms with Crippen LogP contribution in [0.3, 0.4) is 0 Å². The van der Waals surface area contributed by atoms with E-state index in [-0.39, 0.29) is 12.5 Å². The number of carbonyl (C=O) groups is 2. The molecule has 30 heavy (non-hydrogen) atoms. The third-order valence-corrected chi connectivity index (χ3v) is 4.78. The normalized spacial score (nSPS) is 10.5. The lowest BCUT2D eigenvalue weighted by Crippen LogP contribution is -2.43. The topological polar surface area (TPSA) is 79.3 Å². The van der Waals surface area contributed by atoms with Gasteiger partial charge in [-0.05, 0) is 36.8 Å². The van der Waals surface area contributed by atoms with Gasteiger partial charge in [0.05, 0.1) is 18.4 Å². The van der Waals surface area contributed by atoms with Crippen LogP contribution in [-0.2, 0) is 17.9 Å². The van der Waals surface area contributed by atoms with Gasteiger partial charge in [0.25, 0.3) is 0 Å². The highest BCUT2D eigenvalue weighted by molar-refractivity contribution is 6.30. The zero-order chi connectivity index (χ0) is 21.3. The van der Waals surface area contributed by atoms with Crippen molar-refractivity contribution in [2.75, 3.05) is 13.1 Å². The van der Waals surface area contributed by atoms with Crippen LogP contribution < -0.4 is 10.6 Å². The van der Waals surface area contributed by atoms with Gasteiger partial charge in [-0.25, -0.2) is 9.48 Å². The summed E-state index contributed by atoms with van der Waals surface area (Å²) >= 11 is 5.90. The molecule has 0 bridgehead atoms. The molecular weight excluding hydrogens is 402 g/mol. The van der Waals surface area contributed by atoms with Crippen molar-refractivity contribution in [1.82, 2.24) is 25.3 Å². The van der Waals surface area contributed by atoms with E-state index in [1.54, 1.807) is 27.9 Å². The third kappa shape index (κ3) is 6.09. The number of nitrogens with zero attached hydrogens (tertiary/aromatic N) is 3. The molecule has 2 aromatic carbocycles. The number of halogens is 1. The SMILES string of the molecule is CCN(Cc1ccccc1)C(=O)CNC(=O)NCc1cnn(-c2ccc(Cl)cc2)c1. The van der Waals surface area contributed by atoms with Crippen molar-refractivity contribution in [3.63, 3.8) is 0 Å². The van der Waals surface area contributed by atoms with E-state index in [1.807, 2.05) is 55.6 Å². The fourth-order valence-electron chi connectivity index (χ4n) is 2.88. The average Bonchev–Trinajstić information content (AvgIpc) is 3.24. The first-order chi connectivity index (χ1) is 14.5.